The van der Waals surface area contributed by atoms with Crippen molar-refractivity contribution in [3.05, 3.63) is 53.6 Å². The Morgan fingerprint density at radius 3 is 2.14 bits per heavy atom. The van der Waals surface area contributed by atoms with E-state index in [0.717, 1.165) is 17.7 Å². The zero-order valence-corrected chi connectivity index (χ0v) is 12.4. The Kier molecular flexibility index (Phi) is 4.26. The van der Waals surface area contributed by atoms with Crippen LogP contribution in [0.15, 0.2) is 42.5 Å². The van der Waals surface area contributed by atoms with Crippen molar-refractivity contribution in [1.29, 1.82) is 0 Å². The van der Waals surface area contributed by atoms with Gasteiger partial charge in [0.2, 0.25) is 0 Å². The lowest BCUT2D eigenvalue weighted by Gasteiger charge is -2.25. The van der Waals surface area contributed by atoms with Crippen LogP contribution in [-0.4, -0.2) is 26.9 Å². The molecule has 0 heterocycles. The molecule has 2 aromatic rings. The van der Waals surface area contributed by atoms with Gasteiger partial charge in [-0.25, -0.2) is 4.79 Å². The van der Waals surface area contributed by atoms with Crippen molar-refractivity contribution in [2.24, 2.45) is 0 Å². The fraction of sp³-hybridized carbons (Fsp3) is 0.235. The smallest absolute Gasteiger partial charge is 0.338 e. The number of esters is 1. The number of ether oxygens (including phenoxy) is 1. The number of carbonyl (C=O) groups excluding carboxylic acids is 1. The molecule has 0 spiro atoms. The highest BCUT2D eigenvalue weighted by atomic mass is 16.6. The van der Waals surface area contributed by atoms with Crippen LogP contribution in [0.5, 0.6) is 17.2 Å². The van der Waals surface area contributed by atoms with E-state index in [9.17, 15) is 20.1 Å². The van der Waals surface area contributed by atoms with Crippen LogP contribution in [0.4, 0.5) is 0 Å². The number of benzene rings is 2. The topological polar surface area (TPSA) is 87.0 Å². The summed E-state index contributed by atoms with van der Waals surface area (Å²) in [5, 5.41) is 28.2. The molecule has 0 aliphatic rings. The van der Waals surface area contributed by atoms with Crippen molar-refractivity contribution >= 4 is 5.97 Å². The maximum absolute atomic E-state index is 12.1. The molecule has 5 heteroatoms. The van der Waals surface area contributed by atoms with Gasteiger partial charge >= 0.3 is 5.97 Å². The Balaban J connectivity index is 2.14. The Morgan fingerprint density at radius 1 is 1.05 bits per heavy atom. The van der Waals surface area contributed by atoms with Crippen molar-refractivity contribution in [2.75, 3.05) is 0 Å². The van der Waals surface area contributed by atoms with E-state index in [4.69, 9.17) is 4.74 Å². The second-order valence-corrected chi connectivity index (χ2v) is 5.67. The predicted molar refractivity (Wildman–Crippen MR) is 81.1 cm³/mol. The minimum atomic E-state index is -0.762. The zero-order chi connectivity index (χ0) is 16.3. The lowest BCUT2D eigenvalue weighted by Crippen LogP contribution is -2.30. The maximum Gasteiger partial charge on any atom is 0.338 e. The van der Waals surface area contributed by atoms with Crippen LogP contribution in [0.25, 0.3) is 0 Å². The molecule has 0 radical (unpaired) electrons. The first kappa shape index (κ1) is 15.7. The van der Waals surface area contributed by atoms with E-state index in [-0.39, 0.29) is 5.56 Å². The van der Waals surface area contributed by atoms with E-state index >= 15 is 0 Å². The van der Waals surface area contributed by atoms with Gasteiger partial charge in [-0.3, -0.25) is 0 Å². The van der Waals surface area contributed by atoms with E-state index in [0.29, 0.717) is 6.42 Å². The summed E-state index contributed by atoms with van der Waals surface area (Å²) in [6.07, 6.45) is 0.523. The van der Waals surface area contributed by atoms with Crippen LogP contribution < -0.4 is 0 Å². The number of rotatable bonds is 4. The van der Waals surface area contributed by atoms with Gasteiger partial charge in [0, 0.05) is 6.42 Å². The van der Waals surface area contributed by atoms with Crippen LogP contribution in [-0.2, 0) is 11.2 Å². The number of carbonyl (C=O) groups is 1. The molecule has 22 heavy (non-hydrogen) atoms. The number of aromatic hydroxyl groups is 3. The SMILES string of the molecule is CC(C)(Cc1ccccc1)OC(=O)c1cc(O)c(O)c(O)c1. The Hall–Kier alpha value is -2.69. The third-order valence-electron chi connectivity index (χ3n) is 3.15. The van der Waals surface area contributed by atoms with Crippen LogP contribution >= 0.6 is 0 Å². The zero-order valence-electron chi connectivity index (χ0n) is 12.4. The van der Waals surface area contributed by atoms with E-state index < -0.39 is 28.8 Å². The molecule has 0 fully saturated rings. The van der Waals surface area contributed by atoms with Crippen molar-refractivity contribution < 1.29 is 24.9 Å². The molecule has 3 N–H and O–H groups in total. The molecule has 0 saturated carbocycles. The molecular weight excluding hydrogens is 284 g/mol. The molecule has 0 aliphatic carbocycles. The molecule has 0 atom stereocenters. The van der Waals surface area contributed by atoms with Gasteiger partial charge in [-0.05, 0) is 31.5 Å². The minimum Gasteiger partial charge on any atom is -0.504 e. The van der Waals surface area contributed by atoms with Crippen molar-refractivity contribution in [3.63, 3.8) is 0 Å². The Bertz CT molecular complexity index is 654. The van der Waals surface area contributed by atoms with Crippen LogP contribution in [0.3, 0.4) is 0 Å². The molecule has 0 unspecified atom stereocenters. The summed E-state index contributed by atoms with van der Waals surface area (Å²) < 4.78 is 5.43. The molecule has 5 nitrogen and oxygen atoms in total. The van der Waals surface area contributed by atoms with Gasteiger partial charge in [0.25, 0.3) is 0 Å². The summed E-state index contributed by atoms with van der Waals surface area (Å²) in [5.74, 6) is -2.51. The molecule has 2 aromatic carbocycles. The fourth-order valence-corrected chi connectivity index (χ4v) is 2.16. The third-order valence-corrected chi connectivity index (χ3v) is 3.15. The van der Waals surface area contributed by atoms with Gasteiger partial charge in [0.05, 0.1) is 5.56 Å². The van der Waals surface area contributed by atoms with Gasteiger partial charge in [-0.2, -0.15) is 0 Å². The van der Waals surface area contributed by atoms with Gasteiger partial charge in [-0.1, -0.05) is 30.3 Å². The standard InChI is InChI=1S/C17H18O5/c1-17(2,10-11-6-4-3-5-7-11)22-16(21)12-8-13(18)15(20)14(19)9-12/h3-9,18-20H,10H2,1-2H3. The molecular formula is C17H18O5. The highest BCUT2D eigenvalue weighted by molar-refractivity contribution is 5.91. The fourth-order valence-electron chi connectivity index (χ4n) is 2.16. The largest absolute Gasteiger partial charge is 0.504 e. The Labute approximate surface area is 128 Å². The molecule has 0 aromatic heterocycles. The summed E-state index contributed by atoms with van der Waals surface area (Å²) in [6.45, 7) is 3.55. The van der Waals surface area contributed by atoms with E-state index in [2.05, 4.69) is 0 Å². The lowest BCUT2D eigenvalue weighted by molar-refractivity contribution is -0.000737. The number of hydrogen-bond donors (Lipinski definition) is 3. The number of hydrogen-bond acceptors (Lipinski definition) is 5. The second-order valence-electron chi connectivity index (χ2n) is 5.67. The quantitative estimate of drug-likeness (QED) is 0.597. The van der Waals surface area contributed by atoms with Crippen molar-refractivity contribution in [1.82, 2.24) is 0 Å². The van der Waals surface area contributed by atoms with Crippen LogP contribution in [0.2, 0.25) is 0 Å². The lowest BCUT2D eigenvalue weighted by atomic mass is 9.98. The van der Waals surface area contributed by atoms with Crippen LogP contribution in [0, 0.1) is 0 Å². The van der Waals surface area contributed by atoms with Gasteiger partial charge in [0.1, 0.15) is 5.60 Å². The van der Waals surface area contributed by atoms with Crippen LogP contribution in [0.1, 0.15) is 29.8 Å². The highest BCUT2D eigenvalue weighted by Gasteiger charge is 2.25. The summed E-state index contributed by atoms with van der Waals surface area (Å²) in [6, 6.07) is 11.7. The third kappa shape index (κ3) is 3.69. The molecule has 0 bridgehead atoms. The highest BCUT2D eigenvalue weighted by Crippen LogP contribution is 2.35. The maximum atomic E-state index is 12.1. The number of phenols is 3. The van der Waals surface area contributed by atoms with E-state index in [1.807, 2.05) is 30.3 Å². The molecule has 116 valence electrons. The van der Waals surface area contributed by atoms with Crippen molar-refractivity contribution in [3.8, 4) is 17.2 Å². The van der Waals surface area contributed by atoms with E-state index in [1.165, 1.54) is 0 Å². The summed E-state index contributed by atoms with van der Waals surface area (Å²) in [7, 11) is 0. The summed E-state index contributed by atoms with van der Waals surface area (Å²) in [5.41, 5.74) is 0.229. The van der Waals surface area contributed by atoms with Gasteiger partial charge < -0.3 is 20.1 Å². The first-order chi connectivity index (χ1) is 10.3. The normalized spacial score (nSPS) is 11.2. The first-order valence-corrected chi connectivity index (χ1v) is 6.81. The first-order valence-electron chi connectivity index (χ1n) is 6.81. The van der Waals surface area contributed by atoms with Gasteiger partial charge in [-0.15, -0.1) is 0 Å². The average Bonchev–Trinajstić information content (AvgIpc) is 2.44. The Morgan fingerprint density at radius 2 is 1.59 bits per heavy atom. The summed E-state index contributed by atoms with van der Waals surface area (Å²) >= 11 is 0. The molecule has 0 aliphatic heterocycles. The van der Waals surface area contributed by atoms with E-state index in [1.54, 1.807) is 13.8 Å². The number of phenolic OH excluding ortho intramolecular Hbond substituents is 3. The molecule has 0 saturated heterocycles. The average molecular weight is 302 g/mol. The monoisotopic (exact) mass is 302 g/mol. The minimum absolute atomic E-state index is 0.0334. The van der Waals surface area contributed by atoms with Crippen molar-refractivity contribution in [2.45, 2.75) is 25.9 Å². The van der Waals surface area contributed by atoms with Gasteiger partial charge in [0.15, 0.2) is 17.2 Å². The molecule has 0 amide bonds. The summed E-state index contributed by atoms with van der Waals surface area (Å²) in [4.78, 5) is 12.1. The molecule has 2 rings (SSSR count). The predicted octanol–water partition coefficient (Wildman–Crippen LogP) is 2.98. The second kappa shape index (κ2) is 5.97.